The van der Waals surface area contributed by atoms with Gasteiger partial charge in [-0.2, -0.15) is 5.10 Å². The maximum absolute atomic E-state index is 12.2. The number of nitro groups is 1. The fourth-order valence-electron chi connectivity index (χ4n) is 1.66. The number of hydrogen-bond acceptors (Lipinski definition) is 6. The molecular formula is C11H11N5O4. The molecule has 0 bridgehead atoms. The van der Waals surface area contributed by atoms with Crippen LogP contribution >= 0.6 is 0 Å². The number of rotatable bonds is 4. The summed E-state index contributed by atoms with van der Waals surface area (Å²) in [5.41, 5.74) is -0.547. The molecule has 20 heavy (non-hydrogen) atoms. The molecule has 1 aromatic heterocycles. The van der Waals surface area contributed by atoms with Crippen molar-refractivity contribution in [3.8, 4) is 5.75 Å². The van der Waals surface area contributed by atoms with E-state index >= 15 is 0 Å². The van der Waals surface area contributed by atoms with Crippen molar-refractivity contribution < 1.29 is 14.8 Å². The molecule has 2 N–H and O–H groups in total. The normalized spacial score (nSPS) is 10.2. The SMILES string of the molecule is CN(Cc1ncn[nH]1)C(=O)c1cc(O)ccc1[N+](=O)[O-]. The maximum atomic E-state index is 12.2. The zero-order chi connectivity index (χ0) is 14.7. The Bertz CT molecular complexity index is 640. The number of phenols is 1. The fourth-order valence-corrected chi connectivity index (χ4v) is 1.66. The number of aromatic hydroxyl groups is 1. The Balaban J connectivity index is 2.28. The molecule has 0 atom stereocenters. The van der Waals surface area contributed by atoms with Crippen molar-refractivity contribution in [2.24, 2.45) is 0 Å². The standard InChI is InChI=1S/C11H11N5O4/c1-15(5-10-12-6-13-14-10)11(18)8-4-7(17)2-3-9(8)16(19)20/h2-4,6,17H,5H2,1H3,(H,12,13,14). The molecule has 0 aliphatic heterocycles. The maximum Gasteiger partial charge on any atom is 0.282 e. The van der Waals surface area contributed by atoms with Gasteiger partial charge >= 0.3 is 0 Å². The van der Waals surface area contributed by atoms with Crippen molar-refractivity contribution in [2.75, 3.05) is 7.05 Å². The van der Waals surface area contributed by atoms with E-state index < -0.39 is 10.8 Å². The molecule has 2 rings (SSSR count). The Morgan fingerprint density at radius 2 is 2.30 bits per heavy atom. The highest BCUT2D eigenvalue weighted by Crippen LogP contribution is 2.24. The highest BCUT2D eigenvalue weighted by Gasteiger charge is 2.23. The summed E-state index contributed by atoms with van der Waals surface area (Å²) in [6.45, 7) is 0.117. The molecule has 0 fully saturated rings. The summed E-state index contributed by atoms with van der Waals surface area (Å²) in [5.74, 6) is -0.361. The zero-order valence-electron chi connectivity index (χ0n) is 10.5. The molecule has 0 aliphatic rings. The van der Waals surface area contributed by atoms with Crippen LogP contribution in [0.1, 0.15) is 16.2 Å². The lowest BCUT2D eigenvalue weighted by Gasteiger charge is -2.15. The fraction of sp³-hybridized carbons (Fsp3) is 0.182. The number of nitro benzene ring substituents is 1. The summed E-state index contributed by atoms with van der Waals surface area (Å²) in [5, 5.41) is 26.5. The van der Waals surface area contributed by atoms with Crippen molar-refractivity contribution in [2.45, 2.75) is 6.54 Å². The van der Waals surface area contributed by atoms with Crippen LogP contribution in [-0.2, 0) is 6.54 Å². The number of aromatic nitrogens is 3. The van der Waals surface area contributed by atoms with Crippen LogP contribution in [0.4, 0.5) is 5.69 Å². The molecule has 104 valence electrons. The van der Waals surface area contributed by atoms with Crippen LogP contribution in [0, 0.1) is 10.1 Å². The average Bonchev–Trinajstić information content (AvgIpc) is 2.90. The zero-order valence-corrected chi connectivity index (χ0v) is 10.5. The molecule has 9 heteroatoms. The quantitative estimate of drug-likeness (QED) is 0.625. The predicted octanol–water partition coefficient (Wildman–Crippen LogP) is 0.691. The van der Waals surface area contributed by atoms with Crippen molar-refractivity contribution in [1.82, 2.24) is 20.1 Å². The Morgan fingerprint density at radius 3 is 2.90 bits per heavy atom. The van der Waals surface area contributed by atoms with Gasteiger partial charge in [0.2, 0.25) is 0 Å². The van der Waals surface area contributed by atoms with Gasteiger partial charge in [0.25, 0.3) is 11.6 Å². The number of nitrogens with one attached hydrogen (secondary N) is 1. The van der Waals surface area contributed by atoms with Crippen molar-refractivity contribution in [3.63, 3.8) is 0 Å². The minimum absolute atomic E-state index is 0.117. The summed E-state index contributed by atoms with van der Waals surface area (Å²) in [7, 11) is 1.47. The third kappa shape index (κ3) is 2.71. The van der Waals surface area contributed by atoms with Crippen molar-refractivity contribution in [3.05, 3.63) is 46.0 Å². The second-order valence-corrected chi connectivity index (χ2v) is 4.05. The van der Waals surface area contributed by atoms with Gasteiger partial charge in [-0.25, -0.2) is 4.98 Å². The summed E-state index contributed by atoms with van der Waals surface area (Å²) >= 11 is 0. The molecule has 0 aliphatic carbocycles. The number of phenolic OH excluding ortho intramolecular Hbond substituents is 1. The second kappa shape index (κ2) is 5.34. The van der Waals surface area contributed by atoms with Crippen LogP contribution in [0.5, 0.6) is 5.75 Å². The monoisotopic (exact) mass is 277 g/mol. The first-order chi connectivity index (χ1) is 9.49. The van der Waals surface area contributed by atoms with Crippen LogP contribution in [0.2, 0.25) is 0 Å². The smallest absolute Gasteiger partial charge is 0.282 e. The molecule has 0 saturated carbocycles. The molecule has 0 unspecified atom stereocenters. The largest absolute Gasteiger partial charge is 0.508 e. The van der Waals surface area contributed by atoms with E-state index in [1.807, 2.05) is 0 Å². The summed E-state index contributed by atoms with van der Waals surface area (Å²) < 4.78 is 0. The van der Waals surface area contributed by atoms with E-state index in [2.05, 4.69) is 15.2 Å². The van der Waals surface area contributed by atoms with E-state index in [-0.39, 0.29) is 23.5 Å². The minimum Gasteiger partial charge on any atom is -0.508 e. The minimum atomic E-state index is -0.672. The molecule has 1 amide bonds. The Hall–Kier alpha value is -2.97. The number of benzene rings is 1. The van der Waals surface area contributed by atoms with E-state index in [9.17, 15) is 20.0 Å². The van der Waals surface area contributed by atoms with Gasteiger partial charge in [0.1, 0.15) is 23.5 Å². The molecule has 1 heterocycles. The van der Waals surface area contributed by atoms with Crippen LogP contribution in [-0.4, -0.2) is 43.1 Å². The van der Waals surface area contributed by atoms with Gasteiger partial charge in [0.05, 0.1) is 11.5 Å². The number of carbonyl (C=O) groups is 1. The predicted molar refractivity (Wildman–Crippen MR) is 66.9 cm³/mol. The second-order valence-electron chi connectivity index (χ2n) is 4.05. The third-order valence-electron chi connectivity index (χ3n) is 2.61. The van der Waals surface area contributed by atoms with Crippen molar-refractivity contribution in [1.29, 1.82) is 0 Å². The van der Waals surface area contributed by atoms with Crippen LogP contribution in [0.15, 0.2) is 24.5 Å². The molecular weight excluding hydrogens is 266 g/mol. The topological polar surface area (TPSA) is 125 Å². The first-order valence-corrected chi connectivity index (χ1v) is 5.56. The first kappa shape index (κ1) is 13.5. The molecule has 1 aromatic carbocycles. The third-order valence-corrected chi connectivity index (χ3v) is 2.61. The van der Waals surface area contributed by atoms with E-state index in [0.717, 1.165) is 18.2 Å². The molecule has 0 spiro atoms. The molecule has 0 saturated heterocycles. The number of nitrogens with zero attached hydrogens (tertiary/aromatic N) is 4. The van der Waals surface area contributed by atoms with Crippen LogP contribution in [0.3, 0.4) is 0 Å². The Morgan fingerprint density at radius 1 is 1.55 bits per heavy atom. The van der Waals surface area contributed by atoms with E-state index in [1.54, 1.807) is 0 Å². The highest BCUT2D eigenvalue weighted by atomic mass is 16.6. The van der Waals surface area contributed by atoms with Gasteiger partial charge in [-0.05, 0) is 12.1 Å². The lowest BCUT2D eigenvalue weighted by molar-refractivity contribution is -0.385. The number of hydrogen-bond donors (Lipinski definition) is 2. The van der Waals surface area contributed by atoms with E-state index in [4.69, 9.17) is 0 Å². The van der Waals surface area contributed by atoms with Gasteiger partial charge in [0.15, 0.2) is 0 Å². The highest BCUT2D eigenvalue weighted by molar-refractivity contribution is 5.98. The van der Waals surface area contributed by atoms with E-state index in [0.29, 0.717) is 5.82 Å². The lowest BCUT2D eigenvalue weighted by Crippen LogP contribution is -2.27. The number of carbonyl (C=O) groups excluding carboxylic acids is 1. The summed E-state index contributed by atoms with van der Waals surface area (Å²) in [6.07, 6.45) is 1.30. The van der Waals surface area contributed by atoms with Gasteiger partial charge < -0.3 is 10.0 Å². The number of amides is 1. The number of H-pyrrole nitrogens is 1. The van der Waals surface area contributed by atoms with Gasteiger partial charge in [-0.1, -0.05) is 0 Å². The summed E-state index contributed by atoms with van der Waals surface area (Å²) in [4.78, 5) is 27.5. The summed E-state index contributed by atoms with van der Waals surface area (Å²) in [6, 6.07) is 3.31. The van der Waals surface area contributed by atoms with Crippen LogP contribution < -0.4 is 0 Å². The lowest BCUT2D eigenvalue weighted by atomic mass is 10.1. The van der Waals surface area contributed by atoms with Gasteiger partial charge in [0, 0.05) is 13.1 Å². The average molecular weight is 277 g/mol. The van der Waals surface area contributed by atoms with E-state index in [1.165, 1.54) is 18.3 Å². The van der Waals surface area contributed by atoms with Gasteiger partial charge in [-0.3, -0.25) is 20.0 Å². The van der Waals surface area contributed by atoms with Crippen LogP contribution in [0.25, 0.3) is 0 Å². The van der Waals surface area contributed by atoms with Gasteiger partial charge in [-0.15, -0.1) is 0 Å². The Labute approximate surface area is 113 Å². The first-order valence-electron chi connectivity index (χ1n) is 5.56. The number of aromatic amines is 1. The molecule has 2 aromatic rings. The Kier molecular flexibility index (Phi) is 3.60. The molecule has 0 radical (unpaired) electrons. The molecule has 9 nitrogen and oxygen atoms in total. The van der Waals surface area contributed by atoms with Crippen molar-refractivity contribution >= 4 is 11.6 Å².